The van der Waals surface area contributed by atoms with E-state index in [-0.39, 0.29) is 12.5 Å². The van der Waals surface area contributed by atoms with Crippen molar-refractivity contribution in [3.63, 3.8) is 0 Å². The average Bonchev–Trinajstić information content (AvgIpc) is 3.37. The summed E-state index contributed by atoms with van der Waals surface area (Å²) in [5.74, 6) is -0.217. The molecule has 0 radical (unpaired) electrons. The van der Waals surface area contributed by atoms with Crippen molar-refractivity contribution < 1.29 is 39.8 Å². The molecule has 1 fully saturated rings. The summed E-state index contributed by atoms with van der Waals surface area (Å²) in [5, 5.41) is 54.1. The van der Waals surface area contributed by atoms with Gasteiger partial charge in [0.25, 0.3) is 0 Å². The minimum atomic E-state index is -1.58. The van der Waals surface area contributed by atoms with E-state index in [9.17, 15) is 30.3 Å². The van der Waals surface area contributed by atoms with Crippen LogP contribution in [-0.4, -0.2) is 87.5 Å². The molecule has 1 aliphatic rings. The first-order chi connectivity index (χ1) is 34.8. The second kappa shape index (κ2) is 49.4. The van der Waals surface area contributed by atoms with Crippen LogP contribution in [0.4, 0.5) is 0 Å². The second-order valence-corrected chi connectivity index (χ2v) is 17.9. The van der Waals surface area contributed by atoms with Crippen molar-refractivity contribution in [2.45, 2.75) is 211 Å². The lowest BCUT2D eigenvalue weighted by Crippen LogP contribution is -2.60. The zero-order chi connectivity index (χ0) is 51.5. The van der Waals surface area contributed by atoms with Gasteiger partial charge in [-0.15, -0.1) is 0 Å². The van der Waals surface area contributed by atoms with Crippen molar-refractivity contribution in [1.29, 1.82) is 0 Å². The van der Waals surface area contributed by atoms with E-state index in [1.54, 1.807) is 6.08 Å². The molecular formula is C62H97NO8. The maximum Gasteiger partial charge on any atom is 0.220 e. The molecule has 1 aliphatic heterocycles. The Hall–Kier alpha value is -4.19. The fourth-order valence-corrected chi connectivity index (χ4v) is 7.29. The Balaban J connectivity index is 2.18. The highest BCUT2D eigenvalue weighted by molar-refractivity contribution is 5.76. The van der Waals surface area contributed by atoms with Gasteiger partial charge in [0.15, 0.2) is 6.29 Å². The van der Waals surface area contributed by atoms with Gasteiger partial charge in [-0.3, -0.25) is 4.79 Å². The fourth-order valence-electron chi connectivity index (χ4n) is 7.29. The number of nitrogens with one attached hydrogen (secondary N) is 1. The third-order valence-electron chi connectivity index (χ3n) is 11.6. The molecule has 0 aromatic heterocycles. The Bertz CT molecular complexity index is 1660. The molecule has 9 heteroatoms. The van der Waals surface area contributed by atoms with Crippen molar-refractivity contribution in [3.05, 3.63) is 158 Å². The quantitative estimate of drug-likeness (QED) is 0.0261. The van der Waals surface area contributed by atoms with Gasteiger partial charge in [0.05, 0.1) is 25.4 Å². The smallest absolute Gasteiger partial charge is 0.220 e. The SMILES string of the molecule is CC/C=C\C/C=C\C/C=C\C/C=C\C/C=C\C/C=C\C/C=C\C/C=C\C/C=C\C/C=C\C/C=C\CCCCCCCC(=O)NC(COC1OC(CO)C(O)C(O)C1O)C(O)/C=C/CC/C=C/CCCCC. The lowest BCUT2D eigenvalue weighted by molar-refractivity contribution is -0.302. The van der Waals surface area contributed by atoms with Gasteiger partial charge in [0.2, 0.25) is 5.91 Å². The van der Waals surface area contributed by atoms with Crippen LogP contribution in [-0.2, 0) is 14.3 Å². The van der Waals surface area contributed by atoms with Gasteiger partial charge in [-0.2, -0.15) is 0 Å². The molecule has 0 bridgehead atoms. The van der Waals surface area contributed by atoms with E-state index in [0.717, 1.165) is 128 Å². The average molecular weight is 984 g/mol. The van der Waals surface area contributed by atoms with E-state index in [2.05, 4.69) is 165 Å². The molecule has 6 N–H and O–H groups in total. The Kier molecular flexibility index (Phi) is 45.1. The van der Waals surface area contributed by atoms with E-state index in [1.165, 1.54) is 19.3 Å². The number of ether oxygens (including phenoxy) is 2. The van der Waals surface area contributed by atoms with E-state index in [1.807, 2.05) is 6.08 Å². The third kappa shape index (κ3) is 39.1. The monoisotopic (exact) mass is 984 g/mol. The molecule has 1 heterocycles. The Morgan fingerprint density at radius 2 is 0.887 bits per heavy atom. The molecule has 7 atom stereocenters. The molecule has 398 valence electrons. The largest absolute Gasteiger partial charge is 0.394 e. The normalized spacial score (nSPS) is 20.6. The summed E-state index contributed by atoms with van der Waals surface area (Å²) in [5.41, 5.74) is 0. The number of carbonyl (C=O) groups excluding carboxylic acids is 1. The van der Waals surface area contributed by atoms with Crippen LogP contribution in [0.1, 0.15) is 168 Å². The van der Waals surface area contributed by atoms with Gasteiger partial charge in [0.1, 0.15) is 24.4 Å². The van der Waals surface area contributed by atoms with Gasteiger partial charge >= 0.3 is 0 Å². The molecule has 9 nitrogen and oxygen atoms in total. The van der Waals surface area contributed by atoms with Crippen LogP contribution >= 0.6 is 0 Å². The molecule has 0 saturated carbocycles. The van der Waals surface area contributed by atoms with Crippen molar-refractivity contribution >= 4 is 5.91 Å². The minimum Gasteiger partial charge on any atom is -0.394 e. The molecule has 0 aromatic carbocycles. The van der Waals surface area contributed by atoms with Crippen LogP contribution in [0.5, 0.6) is 0 Å². The zero-order valence-corrected chi connectivity index (χ0v) is 43.9. The van der Waals surface area contributed by atoms with Crippen LogP contribution in [0.2, 0.25) is 0 Å². The summed E-state index contributed by atoms with van der Waals surface area (Å²) in [7, 11) is 0. The molecule has 0 aliphatic carbocycles. The van der Waals surface area contributed by atoms with Crippen molar-refractivity contribution in [1.82, 2.24) is 5.32 Å². The van der Waals surface area contributed by atoms with Crippen LogP contribution in [0.25, 0.3) is 0 Å². The Morgan fingerprint density at radius 1 is 0.493 bits per heavy atom. The molecular weight excluding hydrogens is 887 g/mol. The predicted octanol–water partition coefficient (Wildman–Crippen LogP) is 13.3. The number of unbranched alkanes of at least 4 members (excludes halogenated alkanes) is 9. The standard InChI is InChI=1S/C62H97NO8/c1-3-5-7-9-11-13-14-15-16-17-18-19-20-21-22-23-24-25-26-27-28-29-30-31-32-33-34-35-36-37-38-39-40-41-42-44-46-48-50-52-58(66)63-55(56(65)51-49-47-45-43-12-10-8-6-4-2)54-70-62-61(69)60(68)59(67)57(53-64)71-62/h5,7,11-13,15-16,18-19,21-22,24-25,27-28,30-31,33-34,36-37,39-40,43,49,51,55-57,59-62,64-65,67-69H,3-4,6,8-10,14,17,20,23,26,29,32,35,38,41-42,44-48,50,52-54H2,1-2H3,(H,63,66)/b7-5-,13-11-,16-15-,19-18-,22-21-,25-24-,28-27-,31-30-,34-33-,37-36-,40-39-,43-12+,51-49+. The number of aliphatic hydroxyl groups excluding tert-OH is 5. The van der Waals surface area contributed by atoms with E-state index in [4.69, 9.17) is 9.47 Å². The van der Waals surface area contributed by atoms with Gasteiger partial charge in [-0.05, 0) is 116 Å². The van der Waals surface area contributed by atoms with Gasteiger partial charge in [-0.1, -0.05) is 204 Å². The minimum absolute atomic E-state index is 0.217. The fraction of sp³-hybridized carbons (Fsp3) is 0.565. The highest BCUT2D eigenvalue weighted by Crippen LogP contribution is 2.22. The molecule has 0 spiro atoms. The highest BCUT2D eigenvalue weighted by atomic mass is 16.7. The molecule has 7 unspecified atom stereocenters. The van der Waals surface area contributed by atoms with Crippen LogP contribution in [0.3, 0.4) is 0 Å². The third-order valence-corrected chi connectivity index (χ3v) is 11.6. The predicted molar refractivity (Wildman–Crippen MR) is 299 cm³/mol. The highest BCUT2D eigenvalue weighted by Gasteiger charge is 2.44. The summed E-state index contributed by atoms with van der Waals surface area (Å²) in [4.78, 5) is 13.0. The summed E-state index contributed by atoms with van der Waals surface area (Å²) >= 11 is 0. The molecule has 71 heavy (non-hydrogen) atoms. The second-order valence-electron chi connectivity index (χ2n) is 17.9. The first kappa shape index (κ1) is 64.8. The first-order valence-electron chi connectivity index (χ1n) is 27.2. The Morgan fingerprint density at radius 3 is 1.35 bits per heavy atom. The number of amides is 1. The number of hydrogen-bond acceptors (Lipinski definition) is 8. The van der Waals surface area contributed by atoms with Gasteiger partial charge < -0.3 is 40.3 Å². The summed E-state index contributed by atoms with van der Waals surface area (Å²) in [6.07, 6.45) is 71.8. The lowest BCUT2D eigenvalue weighted by Gasteiger charge is -2.40. The van der Waals surface area contributed by atoms with Crippen molar-refractivity contribution in [2.75, 3.05) is 13.2 Å². The number of carbonyl (C=O) groups is 1. The molecule has 1 amide bonds. The molecule has 1 rings (SSSR count). The van der Waals surface area contributed by atoms with E-state index >= 15 is 0 Å². The topological polar surface area (TPSA) is 149 Å². The maximum absolute atomic E-state index is 13.0. The van der Waals surface area contributed by atoms with E-state index in [0.29, 0.717) is 6.42 Å². The summed E-state index contributed by atoms with van der Waals surface area (Å²) in [6.45, 7) is 3.54. The van der Waals surface area contributed by atoms with Crippen molar-refractivity contribution in [3.8, 4) is 0 Å². The number of rotatable bonds is 43. The lowest BCUT2D eigenvalue weighted by atomic mass is 9.99. The first-order valence-corrected chi connectivity index (χ1v) is 27.2. The number of hydrogen-bond donors (Lipinski definition) is 6. The number of allylic oxidation sites excluding steroid dienone is 25. The van der Waals surface area contributed by atoms with Crippen LogP contribution in [0.15, 0.2) is 158 Å². The molecule has 0 aromatic rings. The summed E-state index contributed by atoms with van der Waals surface area (Å²) < 4.78 is 11.2. The maximum atomic E-state index is 13.0. The van der Waals surface area contributed by atoms with Crippen LogP contribution < -0.4 is 5.32 Å². The van der Waals surface area contributed by atoms with Crippen LogP contribution in [0, 0.1) is 0 Å². The van der Waals surface area contributed by atoms with Gasteiger partial charge in [-0.25, -0.2) is 0 Å². The van der Waals surface area contributed by atoms with E-state index < -0.39 is 49.5 Å². The summed E-state index contributed by atoms with van der Waals surface area (Å²) in [6, 6.07) is -0.842. The van der Waals surface area contributed by atoms with Crippen molar-refractivity contribution in [2.24, 2.45) is 0 Å². The molecule has 1 saturated heterocycles. The number of aliphatic hydroxyl groups is 5. The zero-order valence-electron chi connectivity index (χ0n) is 43.9. The van der Waals surface area contributed by atoms with Gasteiger partial charge in [0, 0.05) is 6.42 Å². The Labute approximate surface area is 431 Å².